The molecule has 0 saturated carbocycles. The summed E-state index contributed by atoms with van der Waals surface area (Å²) in [5.74, 6) is 0.427. The summed E-state index contributed by atoms with van der Waals surface area (Å²) < 4.78 is 19.4. The van der Waals surface area contributed by atoms with Crippen LogP contribution in [0.4, 0.5) is 10.1 Å². The molecule has 0 spiro atoms. The molecule has 0 radical (unpaired) electrons. The third-order valence-corrected chi connectivity index (χ3v) is 3.25. The zero-order valence-corrected chi connectivity index (χ0v) is 12.6. The Hall–Kier alpha value is -2.07. The lowest BCUT2D eigenvalue weighted by Gasteiger charge is -2.24. The lowest BCUT2D eigenvalue weighted by molar-refractivity contribution is 0.180. The minimum atomic E-state index is -0.391. The molecular weight excluding hydrogens is 267 g/mol. The number of anilines is 1. The summed E-state index contributed by atoms with van der Waals surface area (Å²) in [6.07, 6.45) is -0.391. The molecule has 2 aromatic rings. The fraction of sp³-hybridized carbons (Fsp3) is 0.294. The number of halogens is 1. The Kier molecular flexibility index (Phi) is 4.81. The van der Waals surface area contributed by atoms with E-state index in [4.69, 9.17) is 10.5 Å². The van der Waals surface area contributed by atoms with Crippen LogP contribution in [-0.4, -0.2) is 20.1 Å². The van der Waals surface area contributed by atoms with Crippen molar-refractivity contribution >= 4 is 5.69 Å². The van der Waals surface area contributed by atoms with Crippen LogP contribution in [0.1, 0.15) is 18.6 Å². The first-order chi connectivity index (χ1) is 9.97. The van der Waals surface area contributed by atoms with Crippen LogP contribution in [0.3, 0.4) is 0 Å². The average Bonchev–Trinajstić information content (AvgIpc) is 2.44. The van der Waals surface area contributed by atoms with Crippen molar-refractivity contribution in [3.8, 4) is 5.75 Å². The maximum Gasteiger partial charge on any atom is 0.139 e. The minimum Gasteiger partial charge on any atom is -0.484 e. The standard InChI is InChI=1S/C17H21FN2O/c1-12(19)17(13-6-4-7-14(18)10-13)21-16-9-5-8-15(11-16)20(2)3/h4-12,17H,19H2,1-3H3. The van der Waals surface area contributed by atoms with Crippen LogP contribution in [0.5, 0.6) is 5.75 Å². The molecule has 0 aliphatic rings. The van der Waals surface area contributed by atoms with Crippen LogP contribution in [-0.2, 0) is 0 Å². The van der Waals surface area contributed by atoms with Gasteiger partial charge in [-0.15, -0.1) is 0 Å². The maximum atomic E-state index is 13.4. The number of nitrogens with zero attached hydrogens (tertiary/aromatic N) is 1. The minimum absolute atomic E-state index is 0.255. The van der Waals surface area contributed by atoms with Crippen molar-refractivity contribution in [1.29, 1.82) is 0 Å². The smallest absolute Gasteiger partial charge is 0.139 e. The number of rotatable bonds is 5. The summed E-state index contributed by atoms with van der Waals surface area (Å²) in [5.41, 5.74) is 7.78. The van der Waals surface area contributed by atoms with E-state index in [0.29, 0.717) is 5.75 Å². The fourth-order valence-electron chi connectivity index (χ4n) is 2.14. The van der Waals surface area contributed by atoms with Crippen LogP contribution < -0.4 is 15.4 Å². The van der Waals surface area contributed by atoms with Gasteiger partial charge in [-0.3, -0.25) is 0 Å². The van der Waals surface area contributed by atoms with Gasteiger partial charge in [0.1, 0.15) is 17.7 Å². The van der Waals surface area contributed by atoms with Gasteiger partial charge in [0, 0.05) is 31.9 Å². The summed E-state index contributed by atoms with van der Waals surface area (Å²) in [5, 5.41) is 0. The topological polar surface area (TPSA) is 38.5 Å². The highest BCUT2D eigenvalue weighted by molar-refractivity contribution is 5.49. The van der Waals surface area contributed by atoms with Crippen LogP contribution in [0.25, 0.3) is 0 Å². The summed E-state index contributed by atoms with van der Waals surface area (Å²) in [7, 11) is 3.93. The normalized spacial score (nSPS) is 13.6. The highest BCUT2D eigenvalue weighted by Gasteiger charge is 2.19. The van der Waals surface area contributed by atoms with Crippen LogP contribution >= 0.6 is 0 Å². The second-order valence-corrected chi connectivity index (χ2v) is 5.34. The third-order valence-electron chi connectivity index (χ3n) is 3.25. The van der Waals surface area contributed by atoms with Gasteiger partial charge < -0.3 is 15.4 Å². The van der Waals surface area contributed by atoms with Crippen molar-refractivity contribution < 1.29 is 9.13 Å². The molecule has 3 nitrogen and oxygen atoms in total. The van der Waals surface area contributed by atoms with Crippen LogP contribution in [0.15, 0.2) is 48.5 Å². The van der Waals surface area contributed by atoms with Gasteiger partial charge in [0.2, 0.25) is 0 Å². The number of nitrogens with two attached hydrogens (primary N) is 1. The molecular formula is C17H21FN2O. The maximum absolute atomic E-state index is 13.4. The van der Waals surface area contributed by atoms with Gasteiger partial charge in [0.25, 0.3) is 0 Å². The number of hydrogen-bond acceptors (Lipinski definition) is 3. The Morgan fingerprint density at radius 1 is 1.10 bits per heavy atom. The van der Waals surface area contributed by atoms with Crippen LogP contribution in [0.2, 0.25) is 0 Å². The SMILES string of the molecule is CC(N)C(Oc1cccc(N(C)C)c1)c1cccc(F)c1. The first-order valence-electron chi connectivity index (χ1n) is 6.92. The van der Waals surface area contributed by atoms with E-state index in [2.05, 4.69) is 0 Å². The van der Waals surface area contributed by atoms with E-state index in [0.717, 1.165) is 11.3 Å². The van der Waals surface area contributed by atoms with Crippen molar-refractivity contribution in [2.75, 3.05) is 19.0 Å². The summed E-state index contributed by atoms with van der Waals surface area (Å²) in [4.78, 5) is 2.00. The van der Waals surface area contributed by atoms with Gasteiger partial charge in [0.05, 0.1) is 0 Å². The molecule has 0 aliphatic carbocycles. The molecule has 112 valence electrons. The zero-order chi connectivity index (χ0) is 15.4. The van der Waals surface area contributed by atoms with E-state index in [1.165, 1.54) is 12.1 Å². The fourth-order valence-corrected chi connectivity index (χ4v) is 2.14. The monoisotopic (exact) mass is 288 g/mol. The molecule has 0 fully saturated rings. The molecule has 4 heteroatoms. The van der Waals surface area contributed by atoms with Gasteiger partial charge in [-0.25, -0.2) is 4.39 Å². The molecule has 21 heavy (non-hydrogen) atoms. The Balaban J connectivity index is 2.26. The van der Waals surface area contributed by atoms with Crippen molar-refractivity contribution in [3.63, 3.8) is 0 Å². The number of ether oxygens (including phenoxy) is 1. The molecule has 2 rings (SSSR count). The van der Waals surface area contributed by atoms with Crippen molar-refractivity contribution in [2.45, 2.75) is 19.1 Å². The number of benzene rings is 2. The van der Waals surface area contributed by atoms with E-state index in [1.807, 2.05) is 56.3 Å². The molecule has 2 atom stereocenters. The first kappa shape index (κ1) is 15.3. The zero-order valence-electron chi connectivity index (χ0n) is 12.6. The Bertz CT molecular complexity index is 599. The highest BCUT2D eigenvalue weighted by Crippen LogP contribution is 2.27. The quantitative estimate of drug-likeness (QED) is 0.917. The number of hydrogen-bond donors (Lipinski definition) is 1. The molecule has 0 heterocycles. The molecule has 0 aromatic heterocycles. The van der Waals surface area contributed by atoms with Gasteiger partial charge in [0.15, 0.2) is 0 Å². The van der Waals surface area contributed by atoms with Gasteiger partial charge in [-0.2, -0.15) is 0 Å². The van der Waals surface area contributed by atoms with Crippen molar-refractivity contribution in [3.05, 3.63) is 59.9 Å². The first-order valence-corrected chi connectivity index (χ1v) is 6.92. The molecule has 2 N–H and O–H groups in total. The Labute approximate surface area is 125 Å². The summed E-state index contributed by atoms with van der Waals surface area (Å²) in [6, 6.07) is 13.8. The van der Waals surface area contributed by atoms with E-state index in [-0.39, 0.29) is 11.9 Å². The summed E-state index contributed by atoms with van der Waals surface area (Å²) >= 11 is 0. The molecule has 0 amide bonds. The van der Waals surface area contributed by atoms with Crippen molar-refractivity contribution in [2.24, 2.45) is 5.73 Å². The van der Waals surface area contributed by atoms with E-state index in [1.54, 1.807) is 6.07 Å². The predicted molar refractivity (Wildman–Crippen MR) is 84.2 cm³/mol. The Morgan fingerprint density at radius 3 is 2.43 bits per heavy atom. The lowest BCUT2D eigenvalue weighted by Crippen LogP contribution is -2.29. The van der Waals surface area contributed by atoms with Crippen molar-refractivity contribution in [1.82, 2.24) is 0 Å². The second kappa shape index (κ2) is 6.59. The van der Waals surface area contributed by atoms with E-state index < -0.39 is 6.10 Å². The van der Waals surface area contributed by atoms with Gasteiger partial charge >= 0.3 is 0 Å². The molecule has 0 saturated heterocycles. The van der Waals surface area contributed by atoms with Gasteiger partial charge in [-0.05, 0) is 36.8 Å². The third kappa shape index (κ3) is 3.95. The highest BCUT2D eigenvalue weighted by atomic mass is 19.1. The predicted octanol–water partition coefficient (Wildman–Crippen LogP) is 3.36. The molecule has 0 aliphatic heterocycles. The van der Waals surface area contributed by atoms with Gasteiger partial charge in [-0.1, -0.05) is 18.2 Å². The second-order valence-electron chi connectivity index (χ2n) is 5.34. The summed E-state index contributed by atoms with van der Waals surface area (Å²) in [6.45, 7) is 1.85. The Morgan fingerprint density at radius 2 is 1.81 bits per heavy atom. The lowest BCUT2D eigenvalue weighted by atomic mass is 10.0. The van der Waals surface area contributed by atoms with E-state index >= 15 is 0 Å². The van der Waals surface area contributed by atoms with Crippen LogP contribution in [0, 0.1) is 5.82 Å². The largest absolute Gasteiger partial charge is 0.484 e. The molecule has 2 unspecified atom stereocenters. The average molecular weight is 288 g/mol. The molecule has 2 aromatic carbocycles. The molecule has 0 bridgehead atoms. The van der Waals surface area contributed by atoms with E-state index in [9.17, 15) is 4.39 Å².